The lowest BCUT2D eigenvalue weighted by molar-refractivity contribution is -0.153. The summed E-state index contributed by atoms with van der Waals surface area (Å²) in [5.74, 6) is -1.54. The van der Waals surface area contributed by atoms with Crippen molar-refractivity contribution in [3.8, 4) is 5.88 Å². The number of aromatic hydroxyl groups is 1. The highest BCUT2D eigenvalue weighted by atomic mass is 16.7. The van der Waals surface area contributed by atoms with Crippen molar-refractivity contribution in [2.45, 2.75) is 41.0 Å². The molecule has 7 nitrogen and oxygen atoms in total. The molecule has 0 aliphatic heterocycles. The zero-order chi connectivity index (χ0) is 18.9. The number of carbonyl (C=O) groups excluding carboxylic acids is 3. The maximum atomic E-state index is 12.2. The Labute approximate surface area is 145 Å². The van der Waals surface area contributed by atoms with Crippen molar-refractivity contribution in [3.63, 3.8) is 0 Å². The molecule has 0 fully saturated rings. The van der Waals surface area contributed by atoms with Crippen LogP contribution in [-0.2, 0) is 9.59 Å². The molecule has 25 heavy (non-hydrogen) atoms. The number of carbonyl (C=O) groups is 3. The first-order valence-corrected chi connectivity index (χ1v) is 7.97. The van der Waals surface area contributed by atoms with Crippen LogP contribution in [0, 0.1) is 5.41 Å². The molecule has 0 unspecified atom stereocenters. The molecule has 1 heterocycles. The van der Waals surface area contributed by atoms with Crippen molar-refractivity contribution in [2.75, 3.05) is 5.32 Å². The first-order valence-electron chi connectivity index (χ1n) is 7.97. The molecule has 1 amide bonds. The van der Waals surface area contributed by atoms with E-state index < -0.39 is 17.3 Å². The summed E-state index contributed by atoms with van der Waals surface area (Å²) >= 11 is 0. The largest absolute Gasteiger partial charge is 0.492 e. The van der Waals surface area contributed by atoms with Gasteiger partial charge in [0.25, 0.3) is 0 Å². The Hall–Kier alpha value is -2.83. The fourth-order valence-electron chi connectivity index (χ4n) is 2.29. The Bertz CT molecular complexity index is 858. The molecule has 0 aliphatic rings. The lowest BCUT2D eigenvalue weighted by Crippen LogP contribution is -2.31. The molecule has 0 saturated carbocycles. The maximum Gasteiger partial charge on any atom is 0.338 e. The number of aromatic nitrogens is 1. The number of ketones is 1. The number of rotatable bonds is 4. The molecule has 7 heteroatoms. The van der Waals surface area contributed by atoms with Crippen LogP contribution in [0.3, 0.4) is 0 Å². The first kappa shape index (κ1) is 18.5. The highest BCUT2D eigenvalue weighted by Gasteiger charge is 2.29. The highest BCUT2D eigenvalue weighted by Crippen LogP contribution is 2.33. The molecule has 0 aliphatic carbocycles. The van der Waals surface area contributed by atoms with Gasteiger partial charge >= 0.3 is 5.97 Å². The molecular weight excluding hydrogens is 324 g/mol. The lowest BCUT2D eigenvalue weighted by Gasteiger charge is -2.17. The van der Waals surface area contributed by atoms with Crippen LogP contribution >= 0.6 is 0 Å². The van der Waals surface area contributed by atoms with E-state index >= 15 is 0 Å². The number of fused-ring (bicyclic) bond motifs is 1. The fraction of sp³-hybridized carbons (Fsp3) is 0.389. The van der Waals surface area contributed by atoms with Crippen LogP contribution in [0.25, 0.3) is 10.9 Å². The van der Waals surface area contributed by atoms with E-state index in [2.05, 4.69) is 5.32 Å². The molecule has 2 rings (SSSR count). The second-order valence-electron chi connectivity index (χ2n) is 6.81. The highest BCUT2D eigenvalue weighted by molar-refractivity contribution is 6.11. The monoisotopic (exact) mass is 346 g/mol. The van der Waals surface area contributed by atoms with E-state index in [-0.39, 0.29) is 23.7 Å². The Morgan fingerprint density at radius 3 is 2.40 bits per heavy atom. The smallest absolute Gasteiger partial charge is 0.338 e. The molecule has 0 spiro atoms. The van der Waals surface area contributed by atoms with E-state index in [1.807, 2.05) is 0 Å². The van der Waals surface area contributed by atoms with Gasteiger partial charge in [-0.3, -0.25) is 9.59 Å². The third kappa shape index (κ3) is 3.65. The number of hydrogen-bond donors (Lipinski definition) is 2. The van der Waals surface area contributed by atoms with Gasteiger partial charge in [0.1, 0.15) is 0 Å². The number of amides is 1. The van der Waals surface area contributed by atoms with Crippen LogP contribution in [0.4, 0.5) is 5.69 Å². The zero-order valence-corrected chi connectivity index (χ0v) is 15.0. The maximum absolute atomic E-state index is 12.2. The molecule has 0 saturated heterocycles. The van der Waals surface area contributed by atoms with Gasteiger partial charge in [-0.1, -0.05) is 6.92 Å². The Balaban J connectivity index is 2.68. The Morgan fingerprint density at radius 2 is 1.88 bits per heavy atom. The third-order valence-corrected chi connectivity index (χ3v) is 3.61. The van der Waals surface area contributed by atoms with E-state index in [1.165, 1.54) is 6.92 Å². The second-order valence-corrected chi connectivity index (χ2v) is 6.81. The number of nitrogens with zero attached hydrogens (tertiary/aromatic N) is 1. The normalized spacial score (nSPS) is 11.4. The summed E-state index contributed by atoms with van der Waals surface area (Å²) in [6.45, 7) is 8.08. The van der Waals surface area contributed by atoms with E-state index in [1.54, 1.807) is 45.9 Å². The minimum Gasteiger partial charge on any atom is -0.492 e. The molecule has 134 valence electrons. The lowest BCUT2D eigenvalue weighted by atomic mass is 9.98. The quantitative estimate of drug-likeness (QED) is 0.830. The number of benzene rings is 1. The van der Waals surface area contributed by atoms with Crippen molar-refractivity contribution in [3.05, 3.63) is 23.8 Å². The van der Waals surface area contributed by atoms with Gasteiger partial charge in [-0.25, -0.2) is 4.79 Å². The molecule has 0 radical (unpaired) electrons. The molecule has 1 aromatic carbocycles. The van der Waals surface area contributed by atoms with Gasteiger partial charge in [0.15, 0.2) is 5.78 Å². The van der Waals surface area contributed by atoms with Gasteiger partial charge in [-0.05, 0) is 39.0 Å². The number of nitrogens with one attached hydrogen (secondary N) is 1. The average molecular weight is 346 g/mol. The fourth-order valence-corrected chi connectivity index (χ4v) is 2.29. The van der Waals surface area contributed by atoms with Crippen molar-refractivity contribution in [1.29, 1.82) is 0 Å². The summed E-state index contributed by atoms with van der Waals surface area (Å²) in [6.07, 6.45) is 0.188. The van der Waals surface area contributed by atoms with Crippen molar-refractivity contribution in [1.82, 2.24) is 4.73 Å². The standard InChI is InChI=1S/C18H22N2O5/c1-6-14(22)15-12-8-7-11(19-10(2)21)9-13(12)20(16(15)23)25-17(24)18(3,4)5/h7-9,23H,6H2,1-5H3,(H,19,21). The minimum absolute atomic E-state index is 0.0913. The molecule has 0 atom stereocenters. The first-order chi connectivity index (χ1) is 11.6. The van der Waals surface area contributed by atoms with Gasteiger partial charge < -0.3 is 15.3 Å². The Kier molecular flexibility index (Phi) is 4.87. The van der Waals surface area contributed by atoms with Crippen LogP contribution in [0.1, 0.15) is 51.4 Å². The summed E-state index contributed by atoms with van der Waals surface area (Å²) in [7, 11) is 0. The second kappa shape index (κ2) is 6.58. The summed E-state index contributed by atoms with van der Waals surface area (Å²) in [5, 5.41) is 13.5. The van der Waals surface area contributed by atoms with Crippen LogP contribution in [-0.4, -0.2) is 27.5 Å². The van der Waals surface area contributed by atoms with E-state index in [9.17, 15) is 19.5 Å². The number of Topliss-reactive ketones (excluding diaryl/α,β-unsaturated/α-hetero) is 1. The number of anilines is 1. The Morgan fingerprint density at radius 1 is 1.24 bits per heavy atom. The molecule has 2 N–H and O–H groups in total. The molecular formula is C18H22N2O5. The molecule has 1 aromatic heterocycles. The van der Waals surface area contributed by atoms with Crippen molar-refractivity contribution >= 4 is 34.3 Å². The van der Waals surface area contributed by atoms with Gasteiger partial charge in [0.2, 0.25) is 11.8 Å². The third-order valence-electron chi connectivity index (χ3n) is 3.61. The van der Waals surface area contributed by atoms with E-state index in [0.29, 0.717) is 16.6 Å². The average Bonchev–Trinajstić information content (AvgIpc) is 2.77. The zero-order valence-electron chi connectivity index (χ0n) is 15.0. The summed E-state index contributed by atoms with van der Waals surface area (Å²) < 4.78 is 0.942. The van der Waals surface area contributed by atoms with E-state index in [4.69, 9.17) is 4.84 Å². The predicted octanol–water partition coefficient (Wildman–Crippen LogP) is 2.90. The van der Waals surface area contributed by atoms with Crippen LogP contribution < -0.4 is 10.2 Å². The van der Waals surface area contributed by atoms with Gasteiger partial charge in [-0.2, -0.15) is 0 Å². The van der Waals surface area contributed by atoms with E-state index in [0.717, 1.165) is 4.73 Å². The van der Waals surface area contributed by atoms with Crippen molar-refractivity contribution < 1.29 is 24.3 Å². The molecule has 0 bridgehead atoms. The summed E-state index contributed by atoms with van der Waals surface area (Å²) in [6, 6.07) is 4.76. The van der Waals surface area contributed by atoms with Crippen LogP contribution in [0.2, 0.25) is 0 Å². The predicted molar refractivity (Wildman–Crippen MR) is 93.6 cm³/mol. The van der Waals surface area contributed by atoms with Gasteiger partial charge in [-0.15, -0.1) is 4.73 Å². The summed E-state index contributed by atoms with van der Waals surface area (Å²) in [4.78, 5) is 41.0. The topological polar surface area (TPSA) is 97.6 Å². The minimum atomic E-state index is -0.798. The van der Waals surface area contributed by atoms with Crippen LogP contribution in [0.15, 0.2) is 18.2 Å². The SMILES string of the molecule is CCC(=O)c1c(O)n(OC(=O)C(C)(C)C)c2cc(NC(C)=O)ccc12. The van der Waals surface area contributed by atoms with Gasteiger partial charge in [0, 0.05) is 24.4 Å². The van der Waals surface area contributed by atoms with Gasteiger partial charge in [0.05, 0.1) is 16.5 Å². The van der Waals surface area contributed by atoms with Crippen LogP contribution in [0.5, 0.6) is 5.88 Å². The summed E-state index contributed by atoms with van der Waals surface area (Å²) in [5.41, 5.74) is 0.0699. The van der Waals surface area contributed by atoms with Crippen molar-refractivity contribution in [2.24, 2.45) is 5.41 Å². The molecule has 2 aromatic rings. The number of hydrogen-bond acceptors (Lipinski definition) is 5.